The molecule has 0 aromatic heterocycles. The van der Waals surface area contributed by atoms with E-state index in [1.807, 2.05) is 42.5 Å². The molecule has 2 amide bonds. The van der Waals surface area contributed by atoms with Crippen LogP contribution in [-0.2, 0) is 19.5 Å². The van der Waals surface area contributed by atoms with Gasteiger partial charge >= 0.3 is 6.03 Å². The van der Waals surface area contributed by atoms with Crippen LogP contribution in [0.4, 0.5) is 10.5 Å². The highest BCUT2D eigenvalue weighted by molar-refractivity contribution is 5.89. The number of benzene rings is 2. The first-order valence-corrected chi connectivity index (χ1v) is 7.13. The summed E-state index contributed by atoms with van der Waals surface area (Å²) in [5.74, 6) is 0. The number of rotatable bonds is 5. The summed E-state index contributed by atoms with van der Waals surface area (Å²) in [6, 6.07) is 15.4. The van der Waals surface area contributed by atoms with Gasteiger partial charge in [0.2, 0.25) is 0 Å². The molecule has 2 aromatic rings. The molecule has 0 atom stereocenters. The monoisotopic (exact) mass is 283 g/mol. The fourth-order valence-corrected chi connectivity index (χ4v) is 2.20. The van der Waals surface area contributed by atoms with E-state index in [0.717, 1.165) is 23.2 Å². The number of urea groups is 1. The highest BCUT2D eigenvalue weighted by Gasteiger charge is 2.04. The van der Waals surface area contributed by atoms with Gasteiger partial charge in [0.1, 0.15) is 0 Å². The quantitative estimate of drug-likeness (QED) is 0.789. The summed E-state index contributed by atoms with van der Waals surface area (Å²) in [5.41, 5.74) is 9.72. The van der Waals surface area contributed by atoms with Crippen molar-refractivity contribution >= 4 is 11.7 Å². The Balaban J connectivity index is 1.92. The van der Waals surface area contributed by atoms with Crippen molar-refractivity contribution in [2.24, 2.45) is 5.73 Å². The lowest BCUT2D eigenvalue weighted by molar-refractivity contribution is 0.251. The van der Waals surface area contributed by atoms with E-state index in [9.17, 15) is 4.79 Å². The van der Waals surface area contributed by atoms with E-state index in [1.54, 1.807) is 0 Å². The number of nitrogens with one attached hydrogen (secondary N) is 2. The van der Waals surface area contributed by atoms with Crippen molar-refractivity contribution in [1.82, 2.24) is 5.32 Å². The van der Waals surface area contributed by atoms with Crippen LogP contribution in [0.1, 0.15) is 23.6 Å². The minimum Gasteiger partial charge on any atom is -0.334 e. The zero-order chi connectivity index (χ0) is 15.1. The van der Waals surface area contributed by atoms with Crippen molar-refractivity contribution in [3.05, 3.63) is 65.2 Å². The Kier molecular flexibility index (Phi) is 5.35. The smallest absolute Gasteiger partial charge is 0.319 e. The fourth-order valence-electron chi connectivity index (χ4n) is 2.20. The predicted octanol–water partition coefficient (Wildman–Crippen LogP) is 3.03. The number of aryl methyl sites for hydroxylation is 1. The molecule has 0 saturated heterocycles. The van der Waals surface area contributed by atoms with Gasteiger partial charge in [-0.3, -0.25) is 0 Å². The highest BCUT2D eigenvalue weighted by Crippen LogP contribution is 2.11. The van der Waals surface area contributed by atoms with Crippen molar-refractivity contribution in [3.8, 4) is 0 Å². The molecule has 4 N–H and O–H groups in total. The number of hydrogen-bond acceptors (Lipinski definition) is 2. The van der Waals surface area contributed by atoms with Crippen molar-refractivity contribution in [3.63, 3.8) is 0 Å². The molecule has 0 unspecified atom stereocenters. The lowest BCUT2D eigenvalue weighted by Gasteiger charge is -2.11. The maximum absolute atomic E-state index is 11.9. The standard InChI is InChI=1S/C17H21N3O/c1-2-14-7-3-4-8-15(14)12-19-17(21)20-16-9-5-6-13(10-16)11-18/h3-10H,2,11-12,18H2,1H3,(H2,19,20,21). The number of nitrogens with two attached hydrogens (primary N) is 1. The third kappa shape index (κ3) is 4.33. The molecule has 2 aromatic carbocycles. The van der Waals surface area contributed by atoms with E-state index in [-0.39, 0.29) is 6.03 Å². The molecule has 4 nitrogen and oxygen atoms in total. The molecule has 0 saturated carbocycles. The van der Waals surface area contributed by atoms with Gasteiger partial charge in [-0.15, -0.1) is 0 Å². The molecule has 0 spiro atoms. The van der Waals surface area contributed by atoms with Crippen molar-refractivity contribution in [2.45, 2.75) is 26.4 Å². The Morgan fingerprint density at radius 1 is 1.10 bits per heavy atom. The number of anilines is 1. The first kappa shape index (κ1) is 15.1. The SMILES string of the molecule is CCc1ccccc1CNC(=O)Nc1cccc(CN)c1. The molecular formula is C17H21N3O. The van der Waals surface area contributed by atoms with Gasteiger partial charge in [-0.2, -0.15) is 0 Å². The molecule has 0 aliphatic heterocycles. The molecule has 2 rings (SSSR count). The largest absolute Gasteiger partial charge is 0.334 e. The van der Waals surface area contributed by atoms with E-state index in [1.165, 1.54) is 5.56 Å². The van der Waals surface area contributed by atoms with E-state index in [2.05, 4.69) is 23.6 Å². The minimum atomic E-state index is -0.213. The second kappa shape index (κ2) is 7.45. The van der Waals surface area contributed by atoms with Gasteiger partial charge in [0.25, 0.3) is 0 Å². The molecule has 0 aliphatic rings. The predicted molar refractivity (Wildman–Crippen MR) is 86.0 cm³/mol. The average molecular weight is 283 g/mol. The van der Waals surface area contributed by atoms with Gasteiger partial charge in [0.15, 0.2) is 0 Å². The van der Waals surface area contributed by atoms with Gasteiger partial charge in [-0.05, 0) is 35.2 Å². The summed E-state index contributed by atoms with van der Waals surface area (Å²) in [5, 5.41) is 5.70. The molecule has 110 valence electrons. The topological polar surface area (TPSA) is 67.2 Å². The van der Waals surface area contributed by atoms with Crippen LogP contribution in [0.3, 0.4) is 0 Å². The average Bonchev–Trinajstić information content (AvgIpc) is 2.53. The normalized spacial score (nSPS) is 10.2. The molecule has 4 heteroatoms. The Morgan fingerprint density at radius 2 is 1.86 bits per heavy atom. The lowest BCUT2D eigenvalue weighted by atomic mass is 10.1. The molecular weight excluding hydrogens is 262 g/mol. The lowest BCUT2D eigenvalue weighted by Crippen LogP contribution is -2.28. The maximum Gasteiger partial charge on any atom is 0.319 e. The van der Waals surface area contributed by atoms with Crippen LogP contribution in [-0.4, -0.2) is 6.03 Å². The van der Waals surface area contributed by atoms with Crippen molar-refractivity contribution < 1.29 is 4.79 Å². The first-order valence-electron chi connectivity index (χ1n) is 7.13. The van der Waals surface area contributed by atoms with Crippen LogP contribution in [0, 0.1) is 0 Å². The van der Waals surface area contributed by atoms with Crippen LogP contribution in [0.25, 0.3) is 0 Å². The second-order valence-corrected chi connectivity index (χ2v) is 4.83. The van der Waals surface area contributed by atoms with Gasteiger partial charge in [-0.1, -0.05) is 43.3 Å². The van der Waals surface area contributed by atoms with E-state index < -0.39 is 0 Å². The Hall–Kier alpha value is -2.33. The van der Waals surface area contributed by atoms with Crippen LogP contribution >= 0.6 is 0 Å². The molecule has 0 bridgehead atoms. The molecule has 0 heterocycles. The van der Waals surface area contributed by atoms with E-state index >= 15 is 0 Å². The van der Waals surface area contributed by atoms with E-state index in [0.29, 0.717) is 13.1 Å². The summed E-state index contributed by atoms with van der Waals surface area (Å²) >= 11 is 0. The molecule has 0 radical (unpaired) electrons. The third-order valence-corrected chi connectivity index (χ3v) is 3.36. The van der Waals surface area contributed by atoms with Gasteiger partial charge in [0, 0.05) is 18.8 Å². The molecule has 0 aliphatic carbocycles. The Bertz CT molecular complexity index is 610. The zero-order valence-corrected chi connectivity index (χ0v) is 12.2. The second-order valence-electron chi connectivity index (χ2n) is 4.83. The zero-order valence-electron chi connectivity index (χ0n) is 12.2. The Labute approximate surface area is 125 Å². The Morgan fingerprint density at radius 3 is 2.57 bits per heavy atom. The third-order valence-electron chi connectivity index (χ3n) is 3.36. The van der Waals surface area contributed by atoms with Gasteiger partial charge in [-0.25, -0.2) is 4.79 Å². The van der Waals surface area contributed by atoms with E-state index in [4.69, 9.17) is 5.73 Å². The summed E-state index contributed by atoms with van der Waals surface area (Å²) in [6.45, 7) is 3.09. The first-order chi connectivity index (χ1) is 10.2. The number of carbonyl (C=O) groups excluding carboxylic acids is 1. The number of carbonyl (C=O) groups is 1. The summed E-state index contributed by atoms with van der Waals surface area (Å²) in [4.78, 5) is 11.9. The highest BCUT2D eigenvalue weighted by atomic mass is 16.2. The van der Waals surface area contributed by atoms with Gasteiger partial charge in [0.05, 0.1) is 0 Å². The molecule has 0 fully saturated rings. The maximum atomic E-state index is 11.9. The van der Waals surface area contributed by atoms with Gasteiger partial charge < -0.3 is 16.4 Å². The number of amides is 2. The van der Waals surface area contributed by atoms with Crippen LogP contribution in [0.2, 0.25) is 0 Å². The van der Waals surface area contributed by atoms with Crippen molar-refractivity contribution in [2.75, 3.05) is 5.32 Å². The molecule has 21 heavy (non-hydrogen) atoms. The number of hydrogen-bond donors (Lipinski definition) is 3. The van der Waals surface area contributed by atoms with Crippen LogP contribution in [0.15, 0.2) is 48.5 Å². The van der Waals surface area contributed by atoms with Crippen molar-refractivity contribution in [1.29, 1.82) is 0 Å². The summed E-state index contributed by atoms with van der Waals surface area (Å²) in [6.07, 6.45) is 0.956. The minimum absolute atomic E-state index is 0.213. The summed E-state index contributed by atoms with van der Waals surface area (Å²) < 4.78 is 0. The summed E-state index contributed by atoms with van der Waals surface area (Å²) in [7, 11) is 0. The van der Waals surface area contributed by atoms with Crippen LogP contribution < -0.4 is 16.4 Å². The fraction of sp³-hybridized carbons (Fsp3) is 0.235. The van der Waals surface area contributed by atoms with Crippen LogP contribution in [0.5, 0.6) is 0 Å².